The highest BCUT2D eigenvalue weighted by Crippen LogP contribution is 2.27. The molecule has 1 aliphatic carbocycles. The molecule has 8 nitrogen and oxygen atoms in total. The number of benzene rings is 1. The van der Waals surface area contributed by atoms with E-state index in [2.05, 4.69) is 10.2 Å². The number of hydrogen-bond donors (Lipinski definition) is 3. The molecule has 3 rings (SSSR count). The van der Waals surface area contributed by atoms with Gasteiger partial charge in [-0.05, 0) is 36.0 Å². The third kappa shape index (κ3) is 8.02. The van der Waals surface area contributed by atoms with E-state index in [4.69, 9.17) is 14.7 Å². The minimum Gasteiger partial charge on any atom is -0.463 e. The highest BCUT2D eigenvalue weighted by Gasteiger charge is 2.30. The molecular formula is C24H35N3O5. The Hall–Kier alpha value is -2.26. The second-order valence-corrected chi connectivity index (χ2v) is 8.43. The Balaban J connectivity index is 1.52. The number of carbonyl (C=O) groups is 2. The molecule has 0 bridgehead atoms. The van der Waals surface area contributed by atoms with Gasteiger partial charge in [0, 0.05) is 32.3 Å². The Kier molecular flexibility index (Phi) is 10.2. The number of hydroxylamine groups is 1. The van der Waals surface area contributed by atoms with E-state index >= 15 is 0 Å². The van der Waals surface area contributed by atoms with E-state index in [0.717, 1.165) is 69.7 Å². The lowest BCUT2D eigenvalue weighted by atomic mass is 9.84. The minimum absolute atomic E-state index is 0.153. The minimum atomic E-state index is -0.571. The lowest BCUT2D eigenvalue weighted by Crippen LogP contribution is -2.45. The number of amides is 1. The van der Waals surface area contributed by atoms with E-state index in [-0.39, 0.29) is 12.0 Å². The van der Waals surface area contributed by atoms with E-state index in [1.54, 1.807) is 11.6 Å². The van der Waals surface area contributed by atoms with Crippen molar-refractivity contribution in [1.82, 2.24) is 15.7 Å². The number of morpholine rings is 1. The molecular weight excluding hydrogens is 410 g/mol. The highest BCUT2D eigenvalue weighted by molar-refractivity contribution is 5.90. The predicted molar refractivity (Wildman–Crippen MR) is 121 cm³/mol. The first-order valence-corrected chi connectivity index (χ1v) is 11.6. The highest BCUT2D eigenvalue weighted by atomic mass is 16.5. The van der Waals surface area contributed by atoms with Gasteiger partial charge in [-0.3, -0.25) is 19.7 Å². The molecule has 0 radical (unpaired) electrons. The summed E-state index contributed by atoms with van der Waals surface area (Å²) < 4.78 is 11.0. The van der Waals surface area contributed by atoms with Gasteiger partial charge in [0.2, 0.25) is 0 Å². The molecule has 1 aromatic carbocycles. The zero-order valence-corrected chi connectivity index (χ0v) is 18.6. The van der Waals surface area contributed by atoms with Gasteiger partial charge in [-0.15, -0.1) is 0 Å². The van der Waals surface area contributed by atoms with Gasteiger partial charge in [-0.1, -0.05) is 43.5 Å². The molecule has 8 heteroatoms. The number of rotatable bonds is 10. The summed E-state index contributed by atoms with van der Waals surface area (Å²) in [7, 11) is 0. The number of esters is 1. The quantitative estimate of drug-likeness (QED) is 0.220. The number of carbonyl (C=O) groups excluding carboxylic acids is 2. The first-order valence-electron chi connectivity index (χ1n) is 11.6. The maximum absolute atomic E-state index is 12.9. The summed E-state index contributed by atoms with van der Waals surface area (Å²) in [4.78, 5) is 26.3. The summed E-state index contributed by atoms with van der Waals surface area (Å²) in [5.41, 5.74) is 3.47. The summed E-state index contributed by atoms with van der Waals surface area (Å²) in [5, 5.41) is 12.0. The number of ether oxygens (including phenoxy) is 2. The number of nitrogens with zero attached hydrogens (tertiary/aromatic N) is 1. The first-order chi connectivity index (χ1) is 15.7. The maximum Gasteiger partial charge on any atom is 0.323 e. The summed E-state index contributed by atoms with van der Waals surface area (Å²) in [6.07, 6.45) is 8.54. The van der Waals surface area contributed by atoms with Crippen LogP contribution >= 0.6 is 0 Å². The third-order valence-electron chi connectivity index (χ3n) is 6.17. The van der Waals surface area contributed by atoms with Crippen LogP contribution in [-0.4, -0.2) is 67.5 Å². The molecule has 176 valence electrons. The SMILES string of the molecule is O=C(C=Cc1ccc(CN[C@H](C(=O)OCCN2CCOCC2)C2CCCCC2)cc1)NO. The van der Waals surface area contributed by atoms with Crippen molar-refractivity contribution in [2.24, 2.45) is 5.92 Å². The molecule has 0 spiro atoms. The molecule has 2 fully saturated rings. The molecule has 1 saturated heterocycles. The summed E-state index contributed by atoms with van der Waals surface area (Å²) >= 11 is 0. The van der Waals surface area contributed by atoms with Crippen LogP contribution in [0, 0.1) is 5.92 Å². The fraction of sp³-hybridized carbons (Fsp3) is 0.583. The van der Waals surface area contributed by atoms with Crippen LogP contribution in [0.4, 0.5) is 0 Å². The molecule has 1 saturated carbocycles. The largest absolute Gasteiger partial charge is 0.463 e. The Labute approximate surface area is 189 Å². The van der Waals surface area contributed by atoms with Crippen LogP contribution in [-0.2, 0) is 25.6 Å². The van der Waals surface area contributed by atoms with E-state index in [1.165, 1.54) is 12.5 Å². The smallest absolute Gasteiger partial charge is 0.323 e. The first kappa shape index (κ1) is 24.4. The second-order valence-electron chi connectivity index (χ2n) is 8.43. The van der Waals surface area contributed by atoms with Crippen LogP contribution in [0.25, 0.3) is 6.08 Å². The van der Waals surface area contributed by atoms with Gasteiger partial charge in [0.1, 0.15) is 12.6 Å². The summed E-state index contributed by atoms with van der Waals surface area (Å²) in [5.74, 6) is -0.420. The Bertz CT molecular complexity index is 741. The van der Waals surface area contributed by atoms with Crippen LogP contribution in [0.3, 0.4) is 0 Å². The van der Waals surface area contributed by atoms with Gasteiger partial charge in [-0.2, -0.15) is 0 Å². The van der Waals surface area contributed by atoms with Crippen molar-refractivity contribution >= 4 is 18.0 Å². The molecule has 32 heavy (non-hydrogen) atoms. The van der Waals surface area contributed by atoms with Crippen molar-refractivity contribution in [3.63, 3.8) is 0 Å². The van der Waals surface area contributed by atoms with Crippen LogP contribution in [0.5, 0.6) is 0 Å². The van der Waals surface area contributed by atoms with Gasteiger partial charge in [0.15, 0.2) is 0 Å². The van der Waals surface area contributed by atoms with Gasteiger partial charge < -0.3 is 14.8 Å². The van der Waals surface area contributed by atoms with E-state index in [0.29, 0.717) is 19.1 Å². The normalized spacial score (nSPS) is 19.0. The molecule has 1 heterocycles. The predicted octanol–water partition coefficient (Wildman–Crippen LogP) is 2.12. The summed E-state index contributed by atoms with van der Waals surface area (Å²) in [6.45, 7) is 4.98. The van der Waals surface area contributed by atoms with Gasteiger partial charge in [0.05, 0.1) is 13.2 Å². The van der Waals surface area contributed by atoms with E-state index in [1.807, 2.05) is 24.3 Å². The Morgan fingerprint density at radius 3 is 2.56 bits per heavy atom. The lowest BCUT2D eigenvalue weighted by Gasteiger charge is -2.30. The van der Waals surface area contributed by atoms with Crippen molar-refractivity contribution in [2.45, 2.75) is 44.7 Å². The average molecular weight is 446 g/mol. The van der Waals surface area contributed by atoms with Gasteiger partial charge in [0.25, 0.3) is 5.91 Å². The Morgan fingerprint density at radius 1 is 1.16 bits per heavy atom. The van der Waals surface area contributed by atoms with Gasteiger partial charge >= 0.3 is 5.97 Å². The zero-order chi connectivity index (χ0) is 22.6. The van der Waals surface area contributed by atoms with Crippen molar-refractivity contribution in [3.8, 4) is 0 Å². The second kappa shape index (κ2) is 13.3. The molecule has 1 aromatic rings. The van der Waals surface area contributed by atoms with Crippen LogP contribution in [0.15, 0.2) is 30.3 Å². The number of nitrogens with one attached hydrogen (secondary N) is 2. The van der Waals surface area contributed by atoms with Crippen molar-refractivity contribution < 1.29 is 24.3 Å². The topological polar surface area (TPSA) is 100 Å². The van der Waals surface area contributed by atoms with Crippen LogP contribution in [0.1, 0.15) is 43.2 Å². The van der Waals surface area contributed by atoms with Crippen molar-refractivity contribution in [2.75, 3.05) is 39.5 Å². The van der Waals surface area contributed by atoms with Crippen molar-refractivity contribution in [3.05, 3.63) is 41.5 Å². The molecule has 2 aliphatic rings. The zero-order valence-electron chi connectivity index (χ0n) is 18.6. The fourth-order valence-electron chi connectivity index (χ4n) is 4.28. The lowest BCUT2D eigenvalue weighted by molar-refractivity contribution is -0.149. The molecule has 3 N–H and O–H groups in total. The van der Waals surface area contributed by atoms with Gasteiger partial charge in [-0.25, -0.2) is 5.48 Å². The van der Waals surface area contributed by atoms with E-state index in [9.17, 15) is 9.59 Å². The molecule has 1 amide bonds. The maximum atomic E-state index is 12.9. The van der Waals surface area contributed by atoms with Crippen LogP contribution < -0.4 is 10.8 Å². The monoisotopic (exact) mass is 445 g/mol. The average Bonchev–Trinajstić information content (AvgIpc) is 2.84. The molecule has 0 unspecified atom stereocenters. The van der Waals surface area contributed by atoms with Crippen LogP contribution in [0.2, 0.25) is 0 Å². The molecule has 1 aliphatic heterocycles. The summed E-state index contributed by atoms with van der Waals surface area (Å²) in [6, 6.07) is 7.42. The Morgan fingerprint density at radius 2 is 1.88 bits per heavy atom. The van der Waals surface area contributed by atoms with E-state index < -0.39 is 5.91 Å². The standard InChI is InChI=1S/C24H35N3O5/c28-22(26-30)11-10-19-6-8-20(9-7-19)18-25-23(21-4-2-1-3-5-21)24(29)32-17-14-27-12-15-31-16-13-27/h6-11,21,23,25,30H,1-5,12-18H2,(H,26,28)/t23-/m0/s1. The molecule has 1 atom stereocenters. The molecule has 0 aromatic heterocycles. The third-order valence-corrected chi connectivity index (χ3v) is 6.17. The number of hydrogen-bond acceptors (Lipinski definition) is 7. The fourth-order valence-corrected chi connectivity index (χ4v) is 4.28. The van der Waals surface area contributed by atoms with Crippen molar-refractivity contribution in [1.29, 1.82) is 0 Å².